The van der Waals surface area contributed by atoms with Gasteiger partial charge in [0, 0.05) is 12.6 Å². The van der Waals surface area contributed by atoms with E-state index in [0.29, 0.717) is 0 Å². The molecule has 0 spiro atoms. The molecule has 1 N–H and O–H groups in total. The van der Waals surface area contributed by atoms with Crippen LogP contribution < -0.4 is 5.32 Å². The van der Waals surface area contributed by atoms with Gasteiger partial charge in [-0.3, -0.25) is 4.90 Å². The molecule has 1 atom stereocenters. The van der Waals surface area contributed by atoms with Crippen molar-refractivity contribution in [3.63, 3.8) is 0 Å². The molecule has 0 saturated carbocycles. The van der Waals surface area contributed by atoms with Gasteiger partial charge in [0.05, 0.1) is 0 Å². The zero-order valence-electron chi connectivity index (χ0n) is 11.2. The highest BCUT2D eigenvalue weighted by atomic mass is 15.2. The van der Waals surface area contributed by atoms with Gasteiger partial charge in [-0.1, -0.05) is 34.1 Å². The van der Waals surface area contributed by atoms with Crippen LogP contribution in [0.1, 0.15) is 53.4 Å². The Labute approximate surface area is 96.4 Å². The first-order valence-electron chi connectivity index (χ1n) is 6.74. The highest BCUT2D eigenvalue weighted by molar-refractivity contribution is 4.72. The summed E-state index contributed by atoms with van der Waals surface area (Å²) in [4.78, 5) is 2.62. The van der Waals surface area contributed by atoms with Crippen LogP contribution >= 0.6 is 0 Å². The van der Waals surface area contributed by atoms with E-state index in [1.54, 1.807) is 0 Å². The van der Waals surface area contributed by atoms with Crippen LogP contribution in [0.4, 0.5) is 0 Å². The zero-order chi connectivity index (χ0) is 11.5. The predicted molar refractivity (Wildman–Crippen MR) is 69.4 cm³/mol. The number of hydrogen-bond acceptors (Lipinski definition) is 2. The average Bonchev–Trinajstić information content (AvgIpc) is 2.25. The minimum atomic E-state index is 0.742. The summed E-state index contributed by atoms with van der Waals surface area (Å²) in [7, 11) is 0. The monoisotopic (exact) mass is 214 g/mol. The smallest absolute Gasteiger partial charge is 0.0220 e. The summed E-state index contributed by atoms with van der Waals surface area (Å²) in [5, 5.41) is 3.55. The number of likely N-dealkylation sites (N-methyl/N-ethyl adjacent to an activating group) is 1. The van der Waals surface area contributed by atoms with E-state index in [1.807, 2.05) is 0 Å². The van der Waals surface area contributed by atoms with Gasteiger partial charge in [0.15, 0.2) is 0 Å². The fraction of sp³-hybridized carbons (Fsp3) is 1.00. The molecule has 0 fully saturated rings. The Morgan fingerprint density at radius 3 is 2.20 bits per heavy atom. The third kappa shape index (κ3) is 6.91. The molecule has 0 bridgehead atoms. The maximum atomic E-state index is 3.55. The molecule has 15 heavy (non-hydrogen) atoms. The summed E-state index contributed by atoms with van der Waals surface area (Å²) in [6.45, 7) is 13.8. The molecule has 0 aliphatic rings. The second-order valence-corrected chi connectivity index (χ2v) is 4.28. The Bertz CT molecular complexity index is 126. The lowest BCUT2D eigenvalue weighted by atomic mass is 10.1. The first-order valence-corrected chi connectivity index (χ1v) is 6.74. The van der Waals surface area contributed by atoms with E-state index in [4.69, 9.17) is 0 Å². The fourth-order valence-electron chi connectivity index (χ4n) is 2.08. The minimum absolute atomic E-state index is 0.742. The van der Waals surface area contributed by atoms with Crippen LogP contribution in [0.5, 0.6) is 0 Å². The normalized spacial score (nSPS) is 13.4. The third-order valence-electron chi connectivity index (χ3n) is 2.86. The topological polar surface area (TPSA) is 15.3 Å². The van der Waals surface area contributed by atoms with Gasteiger partial charge in [-0.25, -0.2) is 0 Å². The van der Waals surface area contributed by atoms with Crippen molar-refractivity contribution >= 4 is 0 Å². The van der Waals surface area contributed by atoms with Crippen molar-refractivity contribution in [2.75, 3.05) is 26.2 Å². The molecule has 0 saturated heterocycles. The number of nitrogens with one attached hydrogen (secondary N) is 1. The lowest BCUT2D eigenvalue weighted by Crippen LogP contribution is -2.42. The van der Waals surface area contributed by atoms with Gasteiger partial charge in [-0.05, 0) is 38.9 Å². The molecule has 0 amide bonds. The maximum absolute atomic E-state index is 3.55. The Balaban J connectivity index is 3.95. The minimum Gasteiger partial charge on any atom is -0.315 e. The first-order chi connectivity index (χ1) is 7.29. The summed E-state index contributed by atoms with van der Waals surface area (Å²) in [6, 6.07) is 0.742. The molecule has 0 rings (SSSR count). The zero-order valence-corrected chi connectivity index (χ0v) is 11.2. The van der Waals surface area contributed by atoms with Crippen molar-refractivity contribution in [3.05, 3.63) is 0 Å². The van der Waals surface area contributed by atoms with E-state index >= 15 is 0 Å². The molecule has 1 unspecified atom stereocenters. The molecular weight excluding hydrogens is 184 g/mol. The Morgan fingerprint density at radius 1 is 1.00 bits per heavy atom. The predicted octanol–water partition coefficient (Wildman–Crippen LogP) is 2.89. The molecule has 2 heteroatoms. The van der Waals surface area contributed by atoms with Crippen molar-refractivity contribution in [3.8, 4) is 0 Å². The largest absolute Gasteiger partial charge is 0.315 e. The molecule has 92 valence electrons. The molecular formula is C13H30N2. The first kappa shape index (κ1) is 14.9. The molecule has 0 aromatic carbocycles. The van der Waals surface area contributed by atoms with E-state index in [0.717, 1.165) is 19.1 Å². The molecule has 0 aromatic rings. The van der Waals surface area contributed by atoms with Crippen molar-refractivity contribution in [1.29, 1.82) is 0 Å². The highest BCUT2D eigenvalue weighted by Crippen LogP contribution is 2.07. The van der Waals surface area contributed by atoms with Gasteiger partial charge in [0.1, 0.15) is 0 Å². The number of rotatable bonds is 10. The van der Waals surface area contributed by atoms with E-state index < -0.39 is 0 Å². The van der Waals surface area contributed by atoms with Gasteiger partial charge >= 0.3 is 0 Å². The lowest BCUT2D eigenvalue weighted by Gasteiger charge is -2.30. The molecule has 0 heterocycles. The van der Waals surface area contributed by atoms with Crippen LogP contribution in [-0.4, -0.2) is 37.1 Å². The molecule has 0 aliphatic carbocycles. The van der Waals surface area contributed by atoms with E-state index in [9.17, 15) is 0 Å². The Hall–Kier alpha value is -0.0800. The second-order valence-electron chi connectivity index (χ2n) is 4.28. The van der Waals surface area contributed by atoms with Crippen LogP contribution in [0.25, 0.3) is 0 Å². The van der Waals surface area contributed by atoms with E-state index in [2.05, 4.69) is 37.9 Å². The summed E-state index contributed by atoms with van der Waals surface area (Å²) in [6.07, 6.45) is 5.11. The lowest BCUT2D eigenvalue weighted by molar-refractivity contribution is 0.190. The fourth-order valence-corrected chi connectivity index (χ4v) is 2.08. The van der Waals surface area contributed by atoms with Crippen molar-refractivity contribution in [2.45, 2.75) is 59.4 Å². The molecule has 0 aliphatic heterocycles. The van der Waals surface area contributed by atoms with Crippen LogP contribution in [-0.2, 0) is 0 Å². The maximum Gasteiger partial charge on any atom is 0.0220 e. The number of hydrogen-bond donors (Lipinski definition) is 1. The van der Waals surface area contributed by atoms with Gasteiger partial charge in [-0.2, -0.15) is 0 Å². The number of nitrogens with zero attached hydrogens (tertiary/aromatic N) is 1. The van der Waals surface area contributed by atoms with Gasteiger partial charge in [0.2, 0.25) is 0 Å². The van der Waals surface area contributed by atoms with Crippen LogP contribution in [0.3, 0.4) is 0 Å². The summed E-state index contributed by atoms with van der Waals surface area (Å²) in [5.41, 5.74) is 0. The van der Waals surface area contributed by atoms with Gasteiger partial charge in [-0.15, -0.1) is 0 Å². The molecule has 2 nitrogen and oxygen atoms in total. The van der Waals surface area contributed by atoms with Crippen LogP contribution in [0, 0.1) is 0 Å². The van der Waals surface area contributed by atoms with Crippen molar-refractivity contribution in [2.24, 2.45) is 0 Å². The highest BCUT2D eigenvalue weighted by Gasteiger charge is 2.14. The van der Waals surface area contributed by atoms with Crippen LogP contribution in [0.15, 0.2) is 0 Å². The summed E-state index contributed by atoms with van der Waals surface area (Å²) < 4.78 is 0. The van der Waals surface area contributed by atoms with Crippen LogP contribution in [0.2, 0.25) is 0 Å². The quantitative estimate of drug-likeness (QED) is 0.563. The Morgan fingerprint density at radius 2 is 1.73 bits per heavy atom. The van der Waals surface area contributed by atoms with E-state index in [1.165, 1.54) is 38.8 Å². The van der Waals surface area contributed by atoms with Gasteiger partial charge in [0.25, 0.3) is 0 Å². The summed E-state index contributed by atoms with van der Waals surface area (Å²) in [5.74, 6) is 0. The van der Waals surface area contributed by atoms with Crippen molar-refractivity contribution in [1.82, 2.24) is 10.2 Å². The Kier molecular flexibility index (Phi) is 10.4. The second kappa shape index (κ2) is 10.4. The van der Waals surface area contributed by atoms with Gasteiger partial charge < -0.3 is 5.32 Å². The van der Waals surface area contributed by atoms with E-state index in [-0.39, 0.29) is 0 Å². The summed E-state index contributed by atoms with van der Waals surface area (Å²) >= 11 is 0. The molecule has 0 aromatic heterocycles. The van der Waals surface area contributed by atoms with Crippen molar-refractivity contribution < 1.29 is 0 Å². The molecule has 0 radical (unpaired) electrons. The standard InChI is InChI=1S/C13H30N2/c1-5-9-13(12-14-10-6-2)15(8-4)11-7-3/h13-14H,5-12H2,1-4H3. The SMILES string of the molecule is CCCNCC(CCC)N(CC)CCC. The average molecular weight is 214 g/mol. The third-order valence-corrected chi connectivity index (χ3v) is 2.86.